The average molecular weight is 700 g/mol. The molecule has 0 unspecified atom stereocenters. The van der Waals surface area contributed by atoms with E-state index in [0.29, 0.717) is 0 Å². The lowest BCUT2D eigenvalue weighted by molar-refractivity contribution is 1.28. The molecule has 0 heterocycles. The molecule has 10 aromatic rings. The van der Waals surface area contributed by atoms with E-state index >= 15 is 0 Å². The molecular weight excluding hydrogens is 663 g/mol. The van der Waals surface area contributed by atoms with Gasteiger partial charge in [-0.25, -0.2) is 0 Å². The molecule has 1 nitrogen and oxygen atoms in total. The lowest BCUT2D eigenvalue weighted by Gasteiger charge is -2.26. The minimum Gasteiger partial charge on any atom is -0.310 e. The van der Waals surface area contributed by atoms with Gasteiger partial charge in [-0.1, -0.05) is 188 Å². The van der Waals surface area contributed by atoms with Crippen LogP contribution in [0.15, 0.2) is 224 Å². The van der Waals surface area contributed by atoms with Gasteiger partial charge in [0.25, 0.3) is 0 Å². The normalized spacial score (nSPS) is 11.3. The molecule has 10 aromatic carbocycles. The van der Waals surface area contributed by atoms with Crippen LogP contribution in [-0.2, 0) is 0 Å². The molecule has 0 fully saturated rings. The summed E-state index contributed by atoms with van der Waals surface area (Å²) in [5.41, 5.74) is 13.1. The largest absolute Gasteiger partial charge is 0.310 e. The van der Waals surface area contributed by atoms with Gasteiger partial charge in [0, 0.05) is 17.1 Å². The molecule has 0 bridgehead atoms. The van der Waals surface area contributed by atoms with Crippen molar-refractivity contribution in [3.8, 4) is 44.5 Å². The van der Waals surface area contributed by atoms with Crippen LogP contribution in [0.1, 0.15) is 0 Å². The molecule has 1 heteroatoms. The van der Waals surface area contributed by atoms with Crippen LogP contribution in [0.25, 0.3) is 76.8 Å². The molecule has 0 spiro atoms. The maximum Gasteiger partial charge on any atom is 0.0467 e. The van der Waals surface area contributed by atoms with Crippen LogP contribution in [0.3, 0.4) is 0 Å². The molecule has 258 valence electrons. The highest BCUT2D eigenvalue weighted by Gasteiger charge is 2.18. The maximum atomic E-state index is 2.35. The molecule has 0 aliphatic carbocycles. The Morgan fingerprint density at radius 2 is 0.673 bits per heavy atom. The Morgan fingerprint density at radius 3 is 1.35 bits per heavy atom. The van der Waals surface area contributed by atoms with Gasteiger partial charge in [0.05, 0.1) is 0 Å². The fourth-order valence-electron chi connectivity index (χ4n) is 8.29. The second-order valence-electron chi connectivity index (χ2n) is 14.1. The van der Waals surface area contributed by atoms with Crippen LogP contribution >= 0.6 is 0 Å². The number of hydrogen-bond acceptors (Lipinski definition) is 1. The van der Waals surface area contributed by atoms with Gasteiger partial charge in [-0.3, -0.25) is 0 Å². The van der Waals surface area contributed by atoms with Crippen molar-refractivity contribution in [1.82, 2.24) is 0 Å². The van der Waals surface area contributed by atoms with Crippen molar-refractivity contribution in [2.45, 2.75) is 0 Å². The van der Waals surface area contributed by atoms with Gasteiger partial charge < -0.3 is 4.90 Å². The van der Waals surface area contributed by atoms with E-state index in [1.54, 1.807) is 0 Å². The number of anilines is 3. The lowest BCUT2D eigenvalue weighted by Crippen LogP contribution is -2.09. The number of rotatable bonds is 7. The molecule has 0 aliphatic rings. The first kappa shape index (κ1) is 32.4. The molecule has 0 aromatic heterocycles. The van der Waals surface area contributed by atoms with Crippen molar-refractivity contribution < 1.29 is 0 Å². The van der Waals surface area contributed by atoms with Gasteiger partial charge in [-0.15, -0.1) is 0 Å². The quantitative estimate of drug-likeness (QED) is 0.150. The van der Waals surface area contributed by atoms with Gasteiger partial charge >= 0.3 is 0 Å². The SMILES string of the molecule is c1ccc(-c2c(-c3ccc(-c4cccc(N(c5ccccc5)c5ccc(-c6cccc7ccccc67)cc5)c4)cc3)c3ccccc3c3ccccc23)cc1. The van der Waals surface area contributed by atoms with E-state index in [1.165, 1.54) is 76.8 Å². The topological polar surface area (TPSA) is 3.24 Å². The first-order valence-corrected chi connectivity index (χ1v) is 18.9. The standard InChI is InChI=1S/C54H37N/c1-3-16-41(17-4-1)53-51-26-11-9-24-49(51)50-25-10-12-27-52(50)54(53)42-31-29-38(30-32-42)43-19-13-22-46(37-43)55(44-20-5-2-6-21-44)45-35-33-40(34-36-45)48-28-14-18-39-15-7-8-23-47(39)48/h1-37H. The molecule has 55 heavy (non-hydrogen) atoms. The van der Waals surface area contributed by atoms with E-state index in [0.717, 1.165) is 17.1 Å². The summed E-state index contributed by atoms with van der Waals surface area (Å²) >= 11 is 0. The summed E-state index contributed by atoms with van der Waals surface area (Å²) in [5.74, 6) is 0. The number of benzene rings is 10. The Hall–Kier alpha value is -7.22. The summed E-state index contributed by atoms with van der Waals surface area (Å²) in [6.45, 7) is 0. The summed E-state index contributed by atoms with van der Waals surface area (Å²) in [6, 6.07) is 81.3. The van der Waals surface area contributed by atoms with E-state index in [9.17, 15) is 0 Å². The third kappa shape index (κ3) is 5.93. The summed E-state index contributed by atoms with van der Waals surface area (Å²) in [4.78, 5) is 2.35. The highest BCUT2D eigenvalue weighted by Crippen LogP contribution is 2.45. The van der Waals surface area contributed by atoms with Gasteiger partial charge in [-0.05, 0) is 113 Å². The van der Waals surface area contributed by atoms with Crippen LogP contribution in [-0.4, -0.2) is 0 Å². The molecule has 0 radical (unpaired) electrons. The van der Waals surface area contributed by atoms with Crippen molar-refractivity contribution in [1.29, 1.82) is 0 Å². The van der Waals surface area contributed by atoms with Crippen molar-refractivity contribution in [3.05, 3.63) is 224 Å². The number of fused-ring (bicyclic) bond motifs is 4. The summed E-state index contributed by atoms with van der Waals surface area (Å²) in [7, 11) is 0. The molecular formula is C54H37N. The molecule has 0 aliphatic heterocycles. The zero-order chi connectivity index (χ0) is 36.6. The highest BCUT2D eigenvalue weighted by molar-refractivity contribution is 6.21. The van der Waals surface area contributed by atoms with Crippen LogP contribution in [0, 0.1) is 0 Å². The van der Waals surface area contributed by atoms with Crippen LogP contribution in [0.2, 0.25) is 0 Å². The Balaban J connectivity index is 1.05. The summed E-state index contributed by atoms with van der Waals surface area (Å²) in [5, 5.41) is 7.60. The van der Waals surface area contributed by atoms with E-state index in [4.69, 9.17) is 0 Å². The minimum absolute atomic E-state index is 1.11. The van der Waals surface area contributed by atoms with Crippen LogP contribution < -0.4 is 4.90 Å². The smallest absolute Gasteiger partial charge is 0.0467 e. The van der Waals surface area contributed by atoms with E-state index in [2.05, 4.69) is 229 Å². The number of hydrogen-bond donors (Lipinski definition) is 0. The van der Waals surface area contributed by atoms with E-state index in [-0.39, 0.29) is 0 Å². The summed E-state index contributed by atoms with van der Waals surface area (Å²) in [6.07, 6.45) is 0. The van der Waals surface area contributed by atoms with Crippen molar-refractivity contribution in [2.75, 3.05) is 4.90 Å². The number of nitrogens with zero attached hydrogens (tertiary/aromatic N) is 1. The Kier molecular flexibility index (Phi) is 8.24. The average Bonchev–Trinajstić information content (AvgIpc) is 3.27. The Bertz CT molecular complexity index is 2940. The molecule has 0 amide bonds. The van der Waals surface area contributed by atoms with E-state index < -0.39 is 0 Å². The van der Waals surface area contributed by atoms with Gasteiger partial charge in [0.15, 0.2) is 0 Å². The predicted molar refractivity (Wildman–Crippen MR) is 235 cm³/mol. The van der Waals surface area contributed by atoms with E-state index in [1.807, 2.05) is 0 Å². The first-order chi connectivity index (χ1) is 27.3. The van der Waals surface area contributed by atoms with Crippen molar-refractivity contribution >= 4 is 49.4 Å². The second kappa shape index (κ2) is 14.0. The number of para-hydroxylation sites is 1. The van der Waals surface area contributed by atoms with Crippen LogP contribution in [0.5, 0.6) is 0 Å². The van der Waals surface area contributed by atoms with Crippen molar-refractivity contribution in [2.24, 2.45) is 0 Å². The highest BCUT2D eigenvalue weighted by atomic mass is 15.1. The Morgan fingerprint density at radius 1 is 0.236 bits per heavy atom. The fourth-order valence-corrected chi connectivity index (χ4v) is 8.29. The summed E-state index contributed by atoms with van der Waals surface area (Å²) < 4.78 is 0. The second-order valence-corrected chi connectivity index (χ2v) is 14.1. The Labute approximate surface area is 322 Å². The predicted octanol–water partition coefficient (Wildman–Crippen LogP) is 15.3. The van der Waals surface area contributed by atoms with Crippen molar-refractivity contribution in [3.63, 3.8) is 0 Å². The lowest BCUT2D eigenvalue weighted by atomic mass is 9.85. The minimum atomic E-state index is 1.11. The molecule has 10 rings (SSSR count). The third-order valence-corrected chi connectivity index (χ3v) is 10.8. The zero-order valence-corrected chi connectivity index (χ0v) is 30.3. The molecule has 0 N–H and O–H groups in total. The monoisotopic (exact) mass is 699 g/mol. The molecule has 0 saturated heterocycles. The molecule has 0 saturated carbocycles. The molecule has 0 atom stereocenters. The van der Waals surface area contributed by atoms with Gasteiger partial charge in [-0.2, -0.15) is 0 Å². The van der Waals surface area contributed by atoms with Crippen LogP contribution in [0.4, 0.5) is 17.1 Å². The fraction of sp³-hybridized carbons (Fsp3) is 0. The zero-order valence-electron chi connectivity index (χ0n) is 30.3. The maximum absolute atomic E-state index is 2.35. The third-order valence-electron chi connectivity index (χ3n) is 10.8. The first-order valence-electron chi connectivity index (χ1n) is 18.9. The van der Waals surface area contributed by atoms with Gasteiger partial charge in [0.1, 0.15) is 0 Å². The van der Waals surface area contributed by atoms with Gasteiger partial charge in [0.2, 0.25) is 0 Å².